The molecule has 1 rings (SSSR count). The predicted octanol–water partition coefficient (Wildman–Crippen LogP) is 2.23. The average molecular weight is 306 g/mol. The lowest BCUT2D eigenvalue weighted by Crippen LogP contribution is -2.57. The van der Waals surface area contributed by atoms with Crippen molar-refractivity contribution in [3.8, 4) is 5.75 Å². The minimum absolute atomic E-state index is 0.103. The molecule has 0 N–H and O–H groups in total. The first-order valence-electron chi connectivity index (χ1n) is 6.49. The normalized spacial score (nSPS) is 11.7. The Morgan fingerprint density at radius 3 is 1.85 bits per heavy atom. The molecule has 0 amide bonds. The molecular formula is C13H20F2O4Si. The van der Waals surface area contributed by atoms with Gasteiger partial charge in [-0.1, -0.05) is 0 Å². The van der Waals surface area contributed by atoms with E-state index in [1.165, 1.54) is 7.11 Å². The summed E-state index contributed by atoms with van der Waals surface area (Å²) in [6, 6.07) is 1.90. The molecule has 0 heterocycles. The van der Waals surface area contributed by atoms with Gasteiger partial charge in [-0.3, -0.25) is 0 Å². The number of ether oxygens (including phenoxy) is 1. The maximum absolute atomic E-state index is 13.9. The maximum Gasteiger partial charge on any atom is 0.541 e. The third-order valence-corrected chi connectivity index (χ3v) is 5.58. The van der Waals surface area contributed by atoms with Gasteiger partial charge in [-0.05, 0) is 26.8 Å². The zero-order valence-electron chi connectivity index (χ0n) is 12.2. The Bertz CT molecular complexity index is 426. The zero-order chi connectivity index (χ0) is 15.2. The molecule has 0 aliphatic heterocycles. The number of rotatable bonds is 8. The lowest BCUT2D eigenvalue weighted by atomic mass is 10.3. The lowest BCUT2D eigenvalue weighted by Gasteiger charge is -2.29. The van der Waals surface area contributed by atoms with Crippen molar-refractivity contribution in [3.63, 3.8) is 0 Å². The van der Waals surface area contributed by atoms with Crippen LogP contribution >= 0.6 is 0 Å². The molecule has 0 saturated carbocycles. The largest absolute Gasteiger partial charge is 0.541 e. The van der Waals surface area contributed by atoms with E-state index in [4.69, 9.17) is 18.0 Å². The summed E-state index contributed by atoms with van der Waals surface area (Å²) in [5.41, 5.74) is 0. The number of hydrogen-bond donors (Lipinski definition) is 0. The molecule has 0 bridgehead atoms. The van der Waals surface area contributed by atoms with E-state index in [0.29, 0.717) is 19.8 Å². The summed E-state index contributed by atoms with van der Waals surface area (Å²) in [5, 5.41) is 0.169. The van der Waals surface area contributed by atoms with Crippen molar-refractivity contribution >= 4 is 14.0 Å². The first kappa shape index (κ1) is 17.0. The Kier molecular flexibility index (Phi) is 6.54. The first-order chi connectivity index (χ1) is 9.54. The van der Waals surface area contributed by atoms with Crippen LogP contribution in [0.5, 0.6) is 5.75 Å². The molecule has 0 fully saturated rings. The highest BCUT2D eigenvalue weighted by Crippen LogP contribution is 2.22. The highest BCUT2D eigenvalue weighted by atomic mass is 28.4. The van der Waals surface area contributed by atoms with Crippen LogP contribution in [0, 0.1) is 11.6 Å². The molecule has 114 valence electrons. The van der Waals surface area contributed by atoms with Gasteiger partial charge in [0.15, 0.2) is 11.6 Å². The number of benzene rings is 1. The lowest BCUT2D eigenvalue weighted by molar-refractivity contribution is 0.0851. The Labute approximate surface area is 119 Å². The summed E-state index contributed by atoms with van der Waals surface area (Å²) in [5.74, 6) is -1.64. The van der Waals surface area contributed by atoms with Crippen LogP contribution in [0.15, 0.2) is 12.1 Å². The van der Waals surface area contributed by atoms with Gasteiger partial charge in [0.25, 0.3) is 0 Å². The summed E-state index contributed by atoms with van der Waals surface area (Å²) in [6.45, 7) is 6.19. The third-order valence-electron chi connectivity index (χ3n) is 2.55. The van der Waals surface area contributed by atoms with Gasteiger partial charge in [-0.2, -0.15) is 0 Å². The van der Waals surface area contributed by atoms with Crippen LogP contribution in [0.2, 0.25) is 0 Å². The Morgan fingerprint density at radius 2 is 1.45 bits per heavy atom. The van der Waals surface area contributed by atoms with Crippen LogP contribution in [0.3, 0.4) is 0 Å². The Balaban J connectivity index is 3.44. The number of halogens is 2. The molecule has 4 nitrogen and oxygen atoms in total. The molecule has 20 heavy (non-hydrogen) atoms. The standard InChI is InChI=1S/C13H20F2O4Si/c1-5-17-20(18-6-2,19-7-3)12-9-10(14)8-11(15)13(12)16-4/h8-9H,5-7H2,1-4H3. The van der Waals surface area contributed by atoms with Gasteiger partial charge in [0.2, 0.25) is 0 Å². The molecule has 0 atom stereocenters. The fraction of sp³-hybridized carbons (Fsp3) is 0.538. The van der Waals surface area contributed by atoms with Gasteiger partial charge < -0.3 is 18.0 Å². The summed E-state index contributed by atoms with van der Waals surface area (Å²) in [4.78, 5) is 0. The second-order valence-corrected chi connectivity index (χ2v) is 6.34. The van der Waals surface area contributed by atoms with E-state index in [1.54, 1.807) is 20.8 Å². The summed E-state index contributed by atoms with van der Waals surface area (Å²) in [7, 11) is -2.10. The smallest absolute Gasteiger partial charge is 0.494 e. The molecule has 7 heteroatoms. The fourth-order valence-corrected chi connectivity index (χ4v) is 4.59. The van der Waals surface area contributed by atoms with Crippen LogP contribution in [-0.2, 0) is 13.3 Å². The van der Waals surface area contributed by atoms with E-state index >= 15 is 0 Å². The monoisotopic (exact) mass is 306 g/mol. The Morgan fingerprint density at radius 1 is 0.950 bits per heavy atom. The van der Waals surface area contributed by atoms with Crippen LogP contribution < -0.4 is 9.92 Å². The van der Waals surface area contributed by atoms with Crippen molar-refractivity contribution in [3.05, 3.63) is 23.8 Å². The van der Waals surface area contributed by atoms with Gasteiger partial charge >= 0.3 is 8.80 Å². The van der Waals surface area contributed by atoms with Gasteiger partial charge in [-0.15, -0.1) is 0 Å². The van der Waals surface area contributed by atoms with Gasteiger partial charge in [0, 0.05) is 25.9 Å². The zero-order valence-corrected chi connectivity index (χ0v) is 13.2. The SMILES string of the molecule is CCO[Si](OCC)(OCC)c1cc(F)cc(F)c1OC. The Hall–Kier alpha value is -1.02. The van der Waals surface area contributed by atoms with Crippen molar-refractivity contribution in [2.24, 2.45) is 0 Å². The summed E-state index contributed by atoms with van der Waals surface area (Å²) < 4.78 is 49.3. The van der Waals surface area contributed by atoms with Crippen LogP contribution in [0.4, 0.5) is 8.78 Å². The van der Waals surface area contributed by atoms with E-state index < -0.39 is 20.4 Å². The van der Waals surface area contributed by atoms with Crippen molar-refractivity contribution in [1.82, 2.24) is 0 Å². The first-order valence-corrected chi connectivity index (χ1v) is 8.22. The molecule has 0 spiro atoms. The summed E-state index contributed by atoms with van der Waals surface area (Å²) >= 11 is 0. The summed E-state index contributed by atoms with van der Waals surface area (Å²) in [6.07, 6.45) is 0. The van der Waals surface area contributed by atoms with Gasteiger partial charge in [-0.25, -0.2) is 8.78 Å². The molecule has 0 radical (unpaired) electrons. The molecule has 0 unspecified atom stereocenters. The number of hydrogen-bond acceptors (Lipinski definition) is 4. The van der Waals surface area contributed by atoms with E-state index in [-0.39, 0.29) is 10.9 Å². The van der Waals surface area contributed by atoms with Gasteiger partial charge in [0.05, 0.1) is 12.3 Å². The number of methoxy groups -OCH3 is 1. The van der Waals surface area contributed by atoms with Crippen LogP contribution in [0.1, 0.15) is 20.8 Å². The molecular weight excluding hydrogens is 286 g/mol. The molecule has 1 aromatic rings. The van der Waals surface area contributed by atoms with E-state index in [0.717, 1.165) is 12.1 Å². The molecule has 0 aromatic heterocycles. The minimum atomic E-state index is -3.40. The quantitative estimate of drug-likeness (QED) is 0.690. The second-order valence-electron chi connectivity index (χ2n) is 3.82. The maximum atomic E-state index is 13.9. The molecule has 0 aliphatic carbocycles. The van der Waals surface area contributed by atoms with E-state index in [9.17, 15) is 8.78 Å². The van der Waals surface area contributed by atoms with Crippen LogP contribution in [0.25, 0.3) is 0 Å². The predicted molar refractivity (Wildman–Crippen MR) is 73.2 cm³/mol. The minimum Gasteiger partial charge on any atom is -0.494 e. The average Bonchev–Trinajstić information content (AvgIpc) is 2.38. The highest BCUT2D eigenvalue weighted by molar-refractivity contribution is 6.76. The highest BCUT2D eigenvalue weighted by Gasteiger charge is 2.47. The molecule has 1 aromatic carbocycles. The van der Waals surface area contributed by atoms with Crippen molar-refractivity contribution in [1.29, 1.82) is 0 Å². The van der Waals surface area contributed by atoms with Gasteiger partial charge in [0.1, 0.15) is 5.82 Å². The van der Waals surface area contributed by atoms with Crippen molar-refractivity contribution < 1.29 is 26.8 Å². The van der Waals surface area contributed by atoms with E-state index in [2.05, 4.69) is 0 Å². The van der Waals surface area contributed by atoms with Crippen molar-refractivity contribution in [2.75, 3.05) is 26.9 Å². The topological polar surface area (TPSA) is 36.9 Å². The fourth-order valence-electron chi connectivity index (χ4n) is 1.92. The van der Waals surface area contributed by atoms with Crippen LogP contribution in [-0.4, -0.2) is 35.7 Å². The molecule has 0 saturated heterocycles. The van der Waals surface area contributed by atoms with Crippen molar-refractivity contribution in [2.45, 2.75) is 20.8 Å². The second kappa shape index (κ2) is 7.68. The third kappa shape index (κ3) is 3.54. The molecule has 0 aliphatic rings. The van der Waals surface area contributed by atoms with E-state index in [1.807, 2.05) is 0 Å².